The van der Waals surface area contributed by atoms with Gasteiger partial charge in [0.1, 0.15) is 0 Å². The van der Waals surface area contributed by atoms with Crippen LogP contribution in [0.25, 0.3) is 0 Å². The fourth-order valence-electron chi connectivity index (χ4n) is 1.37. The second kappa shape index (κ2) is 5.01. The van der Waals surface area contributed by atoms with Gasteiger partial charge in [-0.1, -0.05) is 0 Å². The molecule has 1 aromatic rings. The number of rotatable bonds is 4. The molecule has 0 saturated carbocycles. The van der Waals surface area contributed by atoms with Gasteiger partial charge in [0.2, 0.25) is 6.08 Å². The standard InChI is InChI=1S/C11H10F3NO2/c1-11(13,14)8-3-7(5-15-6-16)10(17-2)9(12)4-8/h3-4H,5H2,1-2H3. The van der Waals surface area contributed by atoms with Crippen molar-refractivity contribution in [1.29, 1.82) is 0 Å². The molecule has 0 fully saturated rings. The van der Waals surface area contributed by atoms with Gasteiger partial charge in [-0.3, -0.25) is 0 Å². The summed E-state index contributed by atoms with van der Waals surface area (Å²) in [6.07, 6.45) is 1.25. The van der Waals surface area contributed by atoms with E-state index in [1.54, 1.807) is 0 Å². The topological polar surface area (TPSA) is 38.7 Å². The highest BCUT2D eigenvalue weighted by molar-refractivity contribution is 5.42. The first kappa shape index (κ1) is 13.3. The van der Waals surface area contributed by atoms with Crippen LogP contribution in [0.2, 0.25) is 0 Å². The lowest BCUT2D eigenvalue weighted by Crippen LogP contribution is -2.09. The second-order valence-electron chi connectivity index (χ2n) is 3.45. The molecule has 0 N–H and O–H groups in total. The van der Waals surface area contributed by atoms with Crippen LogP contribution in [0.1, 0.15) is 18.1 Å². The van der Waals surface area contributed by atoms with Crippen molar-refractivity contribution in [3.63, 3.8) is 0 Å². The van der Waals surface area contributed by atoms with Crippen molar-refractivity contribution < 1.29 is 22.7 Å². The molecule has 0 atom stereocenters. The third-order valence-electron chi connectivity index (χ3n) is 2.15. The molecule has 1 rings (SSSR count). The van der Waals surface area contributed by atoms with Crippen molar-refractivity contribution in [1.82, 2.24) is 0 Å². The van der Waals surface area contributed by atoms with E-state index in [0.717, 1.165) is 6.07 Å². The van der Waals surface area contributed by atoms with Crippen LogP contribution < -0.4 is 4.74 Å². The zero-order valence-corrected chi connectivity index (χ0v) is 9.26. The normalized spacial score (nSPS) is 10.9. The van der Waals surface area contributed by atoms with Crippen LogP contribution in [0.4, 0.5) is 13.2 Å². The van der Waals surface area contributed by atoms with Crippen LogP contribution in [0.5, 0.6) is 5.75 Å². The average Bonchev–Trinajstić information content (AvgIpc) is 2.24. The van der Waals surface area contributed by atoms with E-state index < -0.39 is 17.3 Å². The molecule has 0 aliphatic heterocycles. The molecule has 0 radical (unpaired) electrons. The Hall–Kier alpha value is -1.81. The zero-order valence-electron chi connectivity index (χ0n) is 9.26. The summed E-state index contributed by atoms with van der Waals surface area (Å²) in [6.45, 7) is 0.397. The molecule has 92 valence electrons. The van der Waals surface area contributed by atoms with Gasteiger partial charge in [-0.2, -0.15) is 0 Å². The number of methoxy groups -OCH3 is 1. The molecule has 0 heterocycles. The Morgan fingerprint density at radius 3 is 2.59 bits per heavy atom. The predicted molar refractivity (Wildman–Crippen MR) is 54.3 cm³/mol. The maximum absolute atomic E-state index is 13.5. The van der Waals surface area contributed by atoms with Gasteiger partial charge in [0, 0.05) is 18.1 Å². The predicted octanol–water partition coefficient (Wildman–Crippen LogP) is 2.78. The lowest BCUT2D eigenvalue weighted by molar-refractivity contribution is 0.0170. The molecule has 0 saturated heterocycles. The van der Waals surface area contributed by atoms with E-state index in [1.807, 2.05) is 0 Å². The summed E-state index contributed by atoms with van der Waals surface area (Å²) < 4.78 is 44.3. The quantitative estimate of drug-likeness (QED) is 0.604. The summed E-state index contributed by atoms with van der Waals surface area (Å²) >= 11 is 0. The molecule has 0 aromatic heterocycles. The Balaban J connectivity index is 3.33. The van der Waals surface area contributed by atoms with Crippen LogP contribution in [0.3, 0.4) is 0 Å². The number of nitrogens with zero attached hydrogens (tertiary/aromatic N) is 1. The fraction of sp³-hybridized carbons (Fsp3) is 0.364. The van der Waals surface area contributed by atoms with E-state index in [1.165, 1.54) is 13.2 Å². The number of carbonyl (C=O) groups excluding carboxylic acids is 1. The van der Waals surface area contributed by atoms with Crippen molar-refractivity contribution in [3.05, 3.63) is 29.1 Å². The molecular weight excluding hydrogens is 235 g/mol. The maximum Gasteiger partial charge on any atom is 0.270 e. The molecule has 0 bridgehead atoms. The summed E-state index contributed by atoms with van der Waals surface area (Å²) in [7, 11) is 1.20. The maximum atomic E-state index is 13.5. The smallest absolute Gasteiger partial charge is 0.270 e. The van der Waals surface area contributed by atoms with E-state index in [9.17, 15) is 18.0 Å². The number of aliphatic imine (C=N–C) groups is 1. The van der Waals surface area contributed by atoms with E-state index in [4.69, 9.17) is 4.74 Å². The highest BCUT2D eigenvalue weighted by atomic mass is 19.3. The largest absolute Gasteiger partial charge is 0.493 e. The number of ether oxygens (including phenoxy) is 1. The molecule has 0 spiro atoms. The van der Waals surface area contributed by atoms with E-state index >= 15 is 0 Å². The number of halogens is 3. The van der Waals surface area contributed by atoms with Crippen molar-refractivity contribution in [2.24, 2.45) is 4.99 Å². The van der Waals surface area contributed by atoms with Gasteiger partial charge in [0.25, 0.3) is 5.92 Å². The third-order valence-corrected chi connectivity index (χ3v) is 2.15. The van der Waals surface area contributed by atoms with Gasteiger partial charge in [-0.25, -0.2) is 23.0 Å². The minimum Gasteiger partial charge on any atom is -0.493 e. The van der Waals surface area contributed by atoms with Crippen molar-refractivity contribution in [2.45, 2.75) is 19.4 Å². The van der Waals surface area contributed by atoms with E-state index in [-0.39, 0.29) is 17.9 Å². The Morgan fingerprint density at radius 1 is 1.47 bits per heavy atom. The number of hydrogen-bond donors (Lipinski definition) is 0. The zero-order chi connectivity index (χ0) is 13.1. The van der Waals surface area contributed by atoms with Crippen molar-refractivity contribution in [2.75, 3.05) is 7.11 Å². The summed E-state index contributed by atoms with van der Waals surface area (Å²) in [5.41, 5.74) is -0.417. The fourth-order valence-corrected chi connectivity index (χ4v) is 1.37. The molecule has 0 aliphatic rings. The molecule has 1 aromatic carbocycles. The highest BCUT2D eigenvalue weighted by Gasteiger charge is 2.27. The Kier molecular flexibility index (Phi) is 3.91. The van der Waals surface area contributed by atoms with Crippen LogP contribution in [-0.2, 0) is 17.3 Å². The minimum absolute atomic E-state index is 0.0763. The number of alkyl halides is 2. The van der Waals surface area contributed by atoms with Gasteiger partial charge in [-0.15, -0.1) is 0 Å². The lowest BCUT2D eigenvalue weighted by Gasteiger charge is -2.14. The van der Waals surface area contributed by atoms with Crippen molar-refractivity contribution in [3.8, 4) is 5.75 Å². The first-order valence-electron chi connectivity index (χ1n) is 4.68. The number of isocyanates is 1. The molecule has 0 unspecified atom stereocenters. The minimum atomic E-state index is -3.17. The van der Waals surface area contributed by atoms with Gasteiger partial charge < -0.3 is 4.74 Å². The van der Waals surface area contributed by atoms with Crippen LogP contribution in [-0.4, -0.2) is 13.2 Å². The molecule has 3 nitrogen and oxygen atoms in total. The van der Waals surface area contributed by atoms with E-state index in [0.29, 0.717) is 13.0 Å². The third kappa shape index (κ3) is 3.07. The van der Waals surface area contributed by atoms with Gasteiger partial charge >= 0.3 is 0 Å². The number of hydrogen-bond acceptors (Lipinski definition) is 3. The van der Waals surface area contributed by atoms with Crippen LogP contribution >= 0.6 is 0 Å². The highest BCUT2D eigenvalue weighted by Crippen LogP contribution is 2.33. The number of benzene rings is 1. The molecule has 17 heavy (non-hydrogen) atoms. The first-order chi connectivity index (χ1) is 7.90. The average molecular weight is 245 g/mol. The second-order valence-corrected chi connectivity index (χ2v) is 3.45. The summed E-state index contributed by atoms with van der Waals surface area (Å²) in [6, 6.07) is 1.76. The first-order valence-corrected chi connectivity index (χ1v) is 4.68. The summed E-state index contributed by atoms with van der Waals surface area (Å²) in [5.74, 6) is -4.29. The van der Waals surface area contributed by atoms with Gasteiger partial charge in [0.05, 0.1) is 13.7 Å². The summed E-state index contributed by atoms with van der Waals surface area (Å²) in [5, 5.41) is 0. The lowest BCUT2D eigenvalue weighted by atomic mass is 10.0. The Labute approximate surface area is 95.9 Å². The molecule has 0 aliphatic carbocycles. The Bertz CT molecular complexity index is 463. The van der Waals surface area contributed by atoms with Crippen LogP contribution in [0, 0.1) is 5.82 Å². The van der Waals surface area contributed by atoms with E-state index in [2.05, 4.69) is 4.99 Å². The molecular formula is C11H10F3NO2. The molecule has 6 heteroatoms. The summed E-state index contributed by atoms with van der Waals surface area (Å²) in [4.78, 5) is 13.2. The van der Waals surface area contributed by atoms with Gasteiger partial charge in [0.15, 0.2) is 11.6 Å². The monoisotopic (exact) mass is 245 g/mol. The molecule has 0 amide bonds. The van der Waals surface area contributed by atoms with Gasteiger partial charge in [-0.05, 0) is 12.1 Å². The Morgan fingerprint density at radius 2 is 2.12 bits per heavy atom. The SMILES string of the molecule is COc1c(F)cc(C(C)(F)F)cc1CN=C=O. The van der Waals surface area contributed by atoms with Crippen molar-refractivity contribution >= 4 is 6.08 Å². The van der Waals surface area contributed by atoms with Crippen LogP contribution in [0.15, 0.2) is 17.1 Å².